The third-order valence-corrected chi connectivity index (χ3v) is 4.69. The van der Waals surface area contributed by atoms with Crippen LogP contribution in [0.5, 0.6) is 0 Å². The lowest BCUT2D eigenvalue weighted by atomic mass is 9.82. The number of nitrogens with zero attached hydrogens (tertiary/aromatic N) is 3. The summed E-state index contributed by atoms with van der Waals surface area (Å²) in [4.78, 5) is 18.4. The van der Waals surface area contributed by atoms with Crippen molar-refractivity contribution in [2.24, 2.45) is 7.05 Å². The zero-order valence-electron chi connectivity index (χ0n) is 12.7. The van der Waals surface area contributed by atoms with Crippen molar-refractivity contribution in [3.8, 4) is 0 Å². The minimum absolute atomic E-state index is 0.00947. The summed E-state index contributed by atoms with van der Waals surface area (Å²) in [6.07, 6.45) is 7.35. The highest BCUT2D eigenvalue weighted by Gasteiger charge is 2.45. The standard InChI is InChI=1S/C15H23N3O3/c1-17-10-12(16-11-17)14(19)18-7-5-15(6-8-18)13(20-2)4-3-9-21-15/h10-11,13H,3-9H2,1-2H3/t13-/m0/s1. The lowest BCUT2D eigenvalue weighted by Gasteiger charge is -2.47. The van der Waals surface area contributed by atoms with Crippen molar-refractivity contribution in [2.45, 2.75) is 37.4 Å². The second-order valence-electron chi connectivity index (χ2n) is 6.00. The summed E-state index contributed by atoms with van der Waals surface area (Å²) < 4.78 is 13.5. The Balaban J connectivity index is 1.65. The number of imidazole rings is 1. The molecule has 1 atom stereocenters. The van der Waals surface area contributed by atoms with Crippen LogP contribution < -0.4 is 0 Å². The van der Waals surface area contributed by atoms with Gasteiger partial charge in [-0.25, -0.2) is 4.98 Å². The molecule has 0 bridgehead atoms. The minimum Gasteiger partial charge on any atom is -0.378 e. The van der Waals surface area contributed by atoms with Crippen LogP contribution in [0.2, 0.25) is 0 Å². The summed E-state index contributed by atoms with van der Waals surface area (Å²) in [6, 6.07) is 0. The number of ether oxygens (including phenoxy) is 2. The molecule has 0 aliphatic carbocycles. The van der Waals surface area contributed by atoms with Crippen LogP contribution in [0.25, 0.3) is 0 Å². The summed E-state index contributed by atoms with van der Waals surface area (Å²) in [5, 5.41) is 0. The molecule has 3 rings (SSSR count). The van der Waals surface area contributed by atoms with Crippen LogP contribution in [0, 0.1) is 0 Å². The zero-order chi connectivity index (χ0) is 14.9. The van der Waals surface area contributed by atoms with E-state index in [-0.39, 0.29) is 17.6 Å². The number of piperidine rings is 1. The molecule has 21 heavy (non-hydrogen) atoms. The molecular formula is C15H23N3O3. The molecule has 3 heterocycles. The fraction of sp³-hybridized carbons (Fsp3) is 0.733. The first-order chi connectivity index (χ1) is 10.1. The number of hydrogen-bond donors (Lipinski definition) is 0. The number of aromatic nitrogens is 2. The molecule has 0 unspecified atom stereocenters. The van der Waals surface area contributed by atoms with Gasteiger partial charge in [-0.1, -0.05) is 0 Å². The van der Waals surface area contributed by atoms with Crippen LogP contribution in [0.3, 0.4) is 0 Å². The van der Waals surface area contributed by atoms with Gasteiger partial charge in [-0.2, -0.15) is 0 Å². The first kappa shape index (κ1) is 14.5. The molecular weight excluding hydrogens is 270 g/mol. The monoisotopic (exact) mass is 293 g/mol. The molecule has 2 aliphatic heterocycles. The number of hydrogen-bond acceptors (Lipinski definition) is 4. The van der Waals surface area contributed by atoms with Gasteiger partial charge in [0.1, 0.15) is 5.69 Å². The van der Waals surface area contributed by atoms with Gasteiger partial charge in [-0.3, -0.25) is 4.79 Å². The highest BCUT2D eigenvalue weighted by atomic mass is 16.5. The fourth-order valence-electron chi connectivity index (χ4n) is 3.47. The molecule has 6 heteroatoms. The fourth-order valence-corrected chi connectivity index (χ4v) is 3.47. The van der Waals surface area contributed by atoms with Crippen LogP contribution in [0.1, 0.15) is 36.2 Å². The normalized spacial score (nSPS) is 25.2. The second kappa shape index (κ2) is 5.77. The molecule has 0 aromatic carbocycles. The van der Waals surface area contributed by atoms with E-state index < -0.39 is 0 Å². The van der Waals surface area contributed by atoms with Gasteiger partial charge >= 0.3 is 0 Å². The van der Waals surface area contributed by atoms with Crippen LogP contribution in [0.4, 0.5) is 0 Å². The Morgan fingerprint density at radius 1 is 1.48 bits per heavy atom. The topological polar surface area (TPSA) is 56.6 Å². The van der Waals surface area contributed by atoms with E-state index >= 15 is 0 Å². The summed E-state index contributed by atoms with van der Waals surface area (Å²) in [5.41, 5.74) is 0.315. The maximum atomic E-state index is 12.4. The van der Waals surface area contributed by atoms with Gasteiger partial charge in [-0.05, 0) is 25.7 Å². The Labute approximate surface area is 125 Å². The summed E-state index contributed by atoms with van der Waals surface area (Å²) in [6.45, 7) is 2.21. The molecule has 0 radical (unpaired) electrons. The van der Waals surface area contributed by atoms with E-state index in [4.69, 9.17) is 9.47 Å². The quantitative estimate of drug-likeness (QED) is 0.823. The van der Waals surface area contributed by atoms with Gasteiger partial charge in [0.05, 0.1) is 18.0 Å². The van der Waals surface area contributed by atoms with E-state index in [0.717, 1.165) is 32.3 Å². The van der Waals surface area contributed by atoms with Gasteiger partial charge in [-0.15, -0.1) is 0 Å². The minimum atomic E-state index is -0.200. The van der Waals surface area contributed by atoms with Crippen molar-refractivity contribution in [1.82, 2.24) is 14.5 Å². The van der Waals surface area contributed by atoms with E-state index in [1.807, 2.05) is 11.9 Å². The van der Waals surface area contributed by atoms with Crippen molar-refractivity contribution < 1.29 is 14.3 Å². The molecule has 1 spiro atoms. The average molecular weight is 293 g/mol. The highest BCUT2D eigenvalue weighted by Crippen LogP contribution is 2.36. The lowest BCUT2D eigenvalue weighted by molar-refractivity contribution is -0.183. The summed E-state index contributed by atoms with van der Waals surface area (Å²) in [7, 11) is 3.63. The predicted molar refractivity (Wildman–Crippen MR) is 77.1 cm³/mol. The van der Waals surface area contributed by atoms with E-state index in [1.165, 1.54) is 0 Å². The lowest BCUT2D eigenvalue weighted by Crippen LogP contribution is -2.56. The van der Waals surface area contributed by atoms with Gasteiger partial charge < -0.3 is 18.9 Å². The number of carbonyl (C=O) groups is 1. The number of amides is 1. The van der Waals surface area contributed by atoms with Gasteiger partial charge in [0, 0.05) is 40.1 Å². The summed E-state index contributed by atoms with van der Waals surface area (Å²) >= 11 is 0. The molecule has 1 amide bonds. The first-order valence-corrected chi connectivity index (χ1v) is 7.59. The molecule has 6 nitrogen and oxygen atoms in total. The van der Waals surface area contributed by atoms with E-state index in [9.17, 15) is 4.79 Å². The zero-order valence-corrected chi connectivity index (χ0v) is 12.7. The van der Waals surface area contributed by atoms with Crippen molar-refractivity contribution in [1.29, 1.82) is 0 Å². The Morgan fingerprint density at radius 2 is 2.24 bits per heavy atom. The Morgan fingerprint density at radius 3 is 2.86 bits per heavy atom. The molecule has 2 fully saturated rings. The summed E-state index contributed by atoms with van der Waals surface area (Å²) in [5.74, 6) is 0.00947. The maximum absolute atomic E-state index is 12.4. The Kier molecular flexibility index (Phi) is 3.99. The van der Waals surface area contributed by atoms with Crippen LogP contribution >= 0.6 is 0 Å². The second-order valence-corrected chi connectivity index (χ2v) is 6.00. The van der Waals surface area contributed by atoms with E-state index in [2.05, 4.69) is 4.98 Å². The molecule has 1 aromatic heterocycles. The highest BCUT2D eigenvalue weighted by molar-refractivity contribution is 5.92. The van der Waals surface area contributed by atoms with Gasteiger partial charge in [0.15, 0.2) is 0 Å². The largest absolute Gasteiger partial charge is 0.378 e. The average Bonchev–Trinajstić information content (AvgIpc) is 2.94. The molecule has 1 aromatic rings. The SMILES string of the molecule is CO[C@H]1CCCOC12CCN(C(=O)c1cn(C)cn1)CC2. The van der Waals surface area contributed by atoms with E-state index in [0.29, 0.717) is 18.8 Å². The van der Waals surface area contributed by atoms with Crippen molar-refractivity contribution in [2.75, 3.05) is 26.8 Å². The molecule has 116 valence electrons. The van der Waals surface area contributed by atoms with Crippen molar-refractivity contribution in [3.05, 3.63) is 18.2 Å². The number of likely N-dealkylation sites (tertiary alicyclic amines) is 1. The third-order valence-electron chi connectivity index (χ3n) is 4.69. The van der Waals surface area contributed by atoms with Crippen molar-refractivity contribution in [3.63, 3.8) is 0 Å². The smallest absolute Gasteiger partial charge is 0.274 e. The Bertz CT molecular complexity index is 506. The van der Waals surface area contributed by atoms with Crippen LogP contribution in [0.15, 0.2) is 12.5 Å². The molecule has 0 saturated carbocycles. The predicted octanol–water partition coefficient (Wildman–Crippen LogP) is 1.22. The number of aryl methyl sites for hydroxylation is 1. The maximum Gasteiger partial charge on any atom is 0.274 e. The van der Waals surface area contributed by atoms with Crippen LogP contribution in [-0.4, -0.2) is 58.9 Å². The molecule has 2 saturated heterocycles. The molecule has 2 aliphatic rings. The number of carbonyl (C=O) groups excluding carboxylic acids is 1. The van der Waals surface area contributed by atoms with Gasteiger partial charge in [0.25, 0.3) is 5.91 Å². The van der Waals surface area contributed by atoms with E-state index in [1.54, 1.807) is 24.2 Å². The van der Waals surface area contributed by atoms with Gasteiger partial charge in [0.2, 0.25) is 0 Å². The first-order valence-electron chi connectivity index (χ1n) is 7.59. The number of rotatable bonds is 2. The third kappa shape index (κ3) is 2.70. The molecule has 0 N–H and O–H groups in total. The van der Waals surface area contributed by atoms with Crippen molar-refractivity contribution >= 4 is 5.91 Å². The van der Waals surface area contributed by atoms with Crippen LogP contribution in [-0.2, 0) is 16.5 Å². The number of methoxy groups -OCH3 is 1. The Hall–Kier alpha value is -1.40.